The van der Waals surface area contributed by atoms with Crippen LogP contribution in [0.5, 0.6) is 17.2 Å². The highest BCUT2D eigenvalue weighted by molar-refractivity contribution is 6.32. The molecule has 4 rings (SSSR count). The Morgan fingerprint density at radius 3 is 2.63 bits per heavy atom. The van der Waals surface area contributed by atoms with Crippen molar-refractivity contribution in [1.29, 1.82) is 0 Å². The normalized spacial score (nSPS) is 17.6. The van der Waals surface area contributed by atoms with Gasteiger partial charge in [0.2, 0.25) is 0 Å². The minimum absolute atomic E-state index is 0.0288. The molecule has 35 heavy (non-hydrogen) atoms. The van der Waals surface area contributed by atoms with Crippen molar-refractivity contribution in [1.82, 2.24) is 5.32 Å². The van der Waals surface area contributed by atoms with E-state index in [-0.39, 0.29) is 28.9 Å². The number of phenols is 1. The lowest BCUT2D eigenvalue weighted by Gasteiger charge is -2.34. The Hall–Kier alpha value is -3.45. The number of Topliss-reactive ketones (excluding diaryl/α,β-unsaturated/α-hetero) is 1. The SMILES string of the molecule is CCOc1cc(C2C(C(=O)OCc3ccc(OC)cc3)=C(C)NC3=C2C(=O)CCC3)cc(Cl)c1O. The number of methoxy groups -OCH3 is 1. The predicted molar refractivity (Wildman–Crippen MR) is 132 cm³/mol. The van der Waals surface area contributed by atoms with Crippen LogP contribution in [0.3, 0.4) is 0 Å². The molecule has 2 N–H and O–H groups in total. The Bertz CT molecular complexity index is 1210. The molecule has 0 aromatic heterocycles. The van der Waals surface area contributed by atoms with Gasteiger partial charge >= 0.3 is 5.97 Å². The Labute approximate surface area is 209 Å². The topological polar surface area (TPSA) is 94.1 Å². The fraction of sp³-hybridized carbons (Fsp3) is 0.333. The molecule has 0 fully saturated rings. The summed E-state index contributed by atoms with van der Waals surface area (Å²) in [5, 5.41) is 13.7. The number of carbonyl (C=O) groups excluding carboxylic acids is 2. The van der Waals surface area contributed by atoms with Gasteiger partial charge in [0.05, 0.1) is 24.3 Å². The van der Waals surface area contributed by atoms with Crippen molar-refractivity contribution in [3.05, 3.63) is 75.1 Å². The number of rotatable bonds is 7. The second-order valence-corrected chi connectivity index (χ2v) is 8.88. The number of carbonyl (C=O) groups is 2. The van der Waals surface area contributed by atoms with E-state index >= 15 is 0 Å². The van der Waals surface area contributed by atoms with Crippen LogP contribution in [0.4, 0.5) is 0 Å². The number of esters is 1. The van der Waals surface area contributed by atoms with Crippen LogP contribution in [0.15, 0.2) is 58.9 Å². The molecular formula is C27H28ClNO6. The van der Waals surface area contributed by atoms with E-state index in [1.807, 2.05) is 12.1 Å². The van der Waals surface area contributed by atoms with Crippen molar-refractivity contribution in [2.45, 2.75) is 45.6 Å². The van der Waals surface area contributed by atoms with Crippen LogP contribution in [-0.2, 0) is 20.9 Å². The molecule has 2 aliphatic rings. The largest absolute Gasteiger partial charge is 0.503 e. The number of nitrogens with one attached hydrogen (secondary N) is 1. The molecule has 1 heterocycles. The van der Waals surface area contributed by atoms with E-state index in [9.17, 15) is 14.7 Å². The molecule has 1 unspecified atom stereocenters. The first kappa shape index (κ1) is 24.7. The third-order valence-electron chi connectivity index (χ3n) is 6.21. The summed E-state index contributed by atoms with van der Waals surface area (Å²) in [7, 11) is 1.59. The van der Waals surface area contributed by atoms with Crippen molar-refractivity contribution < 1.29 is 28.9 Å². The highest BCUT2D eigenvalue weighted by atomic mass is 35.5. The van der Waals surface area contributed by atoms with E-state index in [1.165, 1.54) is 0 Å². The lowest BCUT2D eigenvalue weighted by Crippen LogP contribution is -2.34. The maximum Gasteiger partial charge on any atom is 0.337 e. The molecule has 0 saturated heterocycles. The first-order valence-electron chi connectivity index (χ1n) is 11.5. The van der Waals surface area contributed by atoms with Crippen molar-refractivity contribution in [2.24, 2.45) is 0 Å². The highest BCUT2D eigenvalue weighted by Gasteiger charge is 2.39. The van der Waals surface area contributed by atoms with Crippen LogP contribution in [-0.4, -0.2) is 30.6 Å². The number of ketones is 1. The van der Waals surface area contributed by atoms with E-state index in [1.54, 1.807) is 45.2 Å². The Kier molecular flexibility index (Phi) is 7.36. The van der Waals surface area contributed by atoms with Gasteiger partial charge in [0.1, 0.15) is 12.4 Å². The number of allylic oxidation sites excluding steroid dienone is 3. The second-order valence-electron chi connectivity index (χ2n) is 8.47. The van der Waals surface area contributed by atoms with Gasteiger partial charge in [-0.3, -0.25) is 4.79 Å². The molecule has 0 amide bonds. The van der Waals surface area contributed by atoms with Crippen molar-refractivity contribution in [3.8, 4) is 17.2 Å². The molecule has 0 bridgehead atoms. The van der Waals surface area contributed by atoms with Gasteiger partial charge in [0.15, 0.2) is 17.3 Å². The summed E-state index contributed by atoms with van der Waals surface area (Å²) in [6.45, 7) is 3.97. The fourth-order valence-corrected chi connectivity index (χ4v) is 4.78. The van der Waals surface area contributed by atoms with Gasteiger partial charge in [0.25, 0.3) is 0 Å². The molecule has 2 aromatic rings. The van der Waals surface area contributed by atoms with Crippen LogP contribution in [0.1, 0.15) is 50.2 Å². The average molecular weight is 498 g/mol. The van der Waals surface area contributed by atoms with Gasteiger partial charge in [-0.1, -0.05) is 23.7 Å². The quantitative estimate of drug-likeness (QED) is 0.510. The monoisotopic (exact) mass is 497 g/mol. The molecule has 0 radical (unpaired) electrons. The van der Waals surface area contributed by atoms with Crippen LogP contribution >= 0.6 is 11.6 Å². The van der Waals surface area contributed by atoms with Crippen molar-refractivity contribution in [3.63, 3.8) is 0 Å². The minimum Gasteiger partial charge on any atom is -0.503 e. The third kappa shape index (κ3) is 5.00. The Morgan fingerprint density at radius 2 is 1.94 bits per heavy atom. The number of hydrogen-bond donors (Lipinski definition) is 2. The number of ether oxygens (including phenoxy) is 3. The minimum atomic E-state index is -0.695. The number of hydrogen-bond acceptors (Lipinski definition) is 7. The van der Waals surface area contributed by atoms with E-state index in [4.69, 9.17) is 25.8 Å². The average Bonchev–Trinajstić information content (AvgIpc) is 2.85. The lowest BCUT2D eigenvalue weighted by atomic mass is 9.75. The number of halogens is 1. The molecule has 1 aliphatic heterocycles. The summed E-state index contributed by atoms with van der Waals surface area (Å²) in [6, 6.07) is 10.4. The van der Waals surface area contributed by atoms with E-state index in [0.29, 0.717) is 47.6 Å². The van der Waals surface area contributed by atoms with Crippen LogP contribution < -0.4 is 14.8 Å². The first-order chi connectivity index (χ1) is 16.8. The summed E-state index contributed by atoms with van der Waals surface area (Å²) < 4.78 is 16.4. The molecule has 1 atom stereocenters. The molecular weight excluding hydrogens is 470 g/mol. The van der Waals surface area contributed by atoms with Crippen LogP contribution in [0.2, 0.25) is 5.02 Å². The van der Waals surface area contributed by atoms with Gasteiger partial charge in [-0.25, -0.2) is 4.79 Å². The number of benzene rings is 2. The molecule has 2 aromatic carbocycles. The Morgan fingerprint density at radius 1 is 1.20 bits per heavy atom. The summed E-state index contributed by atoms with van der Waals surface area (Å²) in [6.07, 6.45) is 1.84. The highest BCUT2D eigenvalue weighted by Crippen LogP contribution is 2.46. The Balaban J connectivity index is 1.73. The van der Waals surface area contributed by atoms with Crippen molar-refractivity contribution in [2.75, 3.05) is 13.7 Å². The molecule has 1 aliphatic carbocycles. The van der Waals surface area contributed by atoms with Gasteiger partial charge in [-0.05, 0) is 62.1 Å². The zero-order valence-electron chi connectivity index (χ0n) is 19.9. The number of aromatic hydroxyl groups is 1. The molecule has 184 valence electrons. The van der Waals surface area contributed by atoms with Gasteiger partial charge in [-0.15, -0.1) is 0 Å². The molecule has 7 nitrogen and oxygen atoms in total. The molecule has 0 saturated carbocycles. The van der Waals surface area contributed by atoms with Gasteiger partial charge < -0.3 is 24.6 Å². The summed E-state index contributed by atoms with van der Waals surface area (Å²) in [5.74, 6) is -0.538. The second kappa shape index (κ2) is 10.4. The van der Waals surface area contributed by atoms with Gasteiger partial charge in [0, 0.05) is 29.3 Å². The summed E-state index contributed by atoms with van der Waals surface area (Å²) in [4.78, 5) is 26.5. The van der Waals surface area contributed by atoms with Crippen molar-refractivity contribution >= 4 is 23.4 Å². The summed E-state index contributed by atoms with van der Waals surface area (Å²) >= 11 is 6.33. The zero-order valence-corrected chi connectivity index (χ0v) is 20.7. The fourth-order valence-electron chi connectivity index (χ4n) is 4.56. The predicted octanol–water partition coefficient (Wildman–Crippen LogP) is 5.16. The smallest absolute Gasteiger partial charge is 0.337 e. The zero-order chi connectivity index (χ0) is 25.1. The first-order valence-corrected chi connectivity index (χ1v) is 11.9. The molecule has 8 heteroatoms. The lowest BCUT2D eigenvalue weighted by molar-refractivity contribution is -0.140. The maximum atomic E-state index is 13.4. The standard InChI is InChI=1S/C27H28ClNO6/c1-4-34-22-13-17(12-19(28)26(22)31)24-23(15(2)29-20-6-5-7-21(30)25(20)24)27(32)35-14-16-8-10-18(33-3)11-9-16/h8-13,24,29,31H,4-7,14H2,1-3H3. The molecule has 0 spiro atoms. The third-order valence-corrected chi connectivity index (χ3v) is 6.50. The summed E-state index contributed by atoms with van der Waals surface area (Å²) in [5.41, 5.74) is 3.66. The van der Waals surface area contributed by atoms with E-state index in [2.05, 4.69) is 5.32 Å². The maximum absolute atomic E-state index is 13.4. The van der Waals surface area contributed by atoms with E-state index in [0.717, 1.165) is 17.7 Å². The van der Waals surface area contributed by atoms with Gasteiger partial charge in [-0.2, -0.15) is 0 Å². The van der Waals surface area contributed by atoms with E-state index < -0.39 is 11.9 Å². The number of dihydropyridines is 1. The van der Waals surface area contributed by atoms with Crippen LogP contribution in [0, 0.1) is 0 Å². The van der Waals surface area contributed by atoms with Crippen LogP contribution in [0.25, 0.3) is 0 Å². The number of phenolic OH excluding ortho intramolecular Hbond substituents is 1.